The normalized spacial score (nSPS) is 10.4. The molecule has 4 nitrogen and oxygen atoms in total. The van der Waals surface area contributed by atoms with Gasteiger partial charge in [-0.05, 0) is 48.5 Å². The number of hydrogen-bond acceptors (Lipinski definition) is 3. The monoisotopic (exact) mass is 375 g/mol. The fourth-order valence-electron chi connectivity index (χ4n) is 2.12. The highest BCUT2D eigenvalue weighted by Crippen LogP contribution is 2.26. The molecule has 0 saturated carbocycles. The number of hydrogen-bond donors (Lipinski definition) is 2. The maximum Gasteiger partial charge on any atom is 0.257 e. The highest BCUT2D eigenvalue weighted by Gasteiger charge is 2.10. The summed E-state index contributed by atoms with van der Waals surface area (Å²) in [5, 5.41) is 6.59. The van der Waals surface area contributed by atoms with Crippen LogP contribution in [0.5, 0.6) is 0 Å². The minimum atomic E-state index is -0.362. The number of nitrogens with one attached hydrogen (secondary N) is 2. The molecule has 0 bridgehead atoms. The Morgan fingerprint density at radius 3 is 2.44 bits per heavy atom. The second-order valence-corrected chi connectivity index (χ2v) is 6.02. The second-order valence-electron chi connectivity index (χ2n) is 5.17. The molecule has 0 aliphatic heterocycles. The molecule has 0 atom stereocenters. The molecule has 126 valence electrons. The van der Waals surface area contributed by atoms with Crippen LogP contribution in [0.1, 0.15) is 10.4 Å². The topological polar surface area (TPSA) is 54.0 Å². The van der Waals surface area contributed by atoms with E-state index in [1.54, 1.807) is 42.6 Å². The Labute approximate surface area is 153 Å². The molecule has 3 rings (SSSR count). The van der Waals surface area contributed by atoms with Crippen molar-refractivity contribution >= 4 is 46.2 Å². The maximum absolute atomic E-state index is 12.9. The van der Waals surface area contributed by atoms with Gasteiger partial charge in [-0.1, -0.05) is 23.2 Å². The van der Waals surface area contributed by atoms with E-state index in [9.17, 15) is 9.18 Å². The summed E-state index contributed by atoms with van der Waals surface area (Å²) >= 11 is 11.9. The van der Waals surface area contributed by atoms with Crippen LogP contribution in [-0.2, 0) is 0 Å². The zero-order valence-electron chi connectivity index (χ0n) is 12.8. The molecular weight excluding hydrogens is 364 g/mol. The van der Waals surface area contributed by atoms with Crippen LogP contribution in [0, 0.1) is 5.82 Å². The van der Waals surface area contributed by atoms with E-state index in [1.807, 2.05) is 0 Å². The summed E-state index contributed by atoms with van der Waals surface area (Å²) in [5.41, 5.74) is 2.08. The van der Waals surface area contributed by atoms with Gasteiger partial charge in [0.2, 0.25) is 0 Å². The van der Waals surface area contributed by atoms with E-state index in [1.165, 1.54) is 18.3 Å². The summed E-state index contributed by atoms with van der Waals surface area (Å²) < 4.78 is 12.9. The largest absolute Gasteiger partial charge is 0.354 e. The molecule has 2 N–H and O–H groups in total. The molecule has 0 aliphatic carbocycles. The molecular formula is C18H12Cl2FN3O. The number of pyridine rings is 1. The fourth-order valence-corrected chi connectivity index (χ4v) is 2.57. The third kappa shape index (κ3) is 4.47. The number of benzene rings is 2. The summed E-state index contributed by atoms with van der Waals surface area (Å²) in [6, 6.07) is 12.3. The number of carbonyl (C=O) groups is 1. The molecule has 0 unspecified atom stereocenters. The molecule has 25 heavy (non-hydrogen) atoms. The Hall–Kier alpha value is -2.63. The van der Waals surface area contributed by atoms with Crippen LogP contribution in [0.25, 0.3) is 0 Å². The van der Waals surface area contributed by atoms with Gasteiger partial charge >= 0.3 is 0 Å². The lowest BCUT2D eigenvalue weighted by Crippen LogP contribution is -2.12. The van der Waals surface area contributed by atoms with Crippen LogP contribution in [0.4, 0.5) is 21.5 Å². The SMILES string of the molecule is O=C(Nc1ccc(Cl)cc1Cl)c1cncc(Nc2ccc(F)cc2)c1. The quantitative estimate of drug-likeness (QED) is 0.630. The van der Waals surface area contributed by atoms with Gasteiger partial charge in [-0.2, -0.15) is 0 Å². The fraction of sp³-hybridized carbons (Fsp3) is 0. The number of amides is 1. The Balaban J connectivity index is 1.76. The number of nitrogens with zero attached hydrogens (tertiary/aromatic N) is 1. The Kier molecular flexibility index (Phi) is 5.16. The van der Waals surface area contributed by atoms with Gasteiger partial charge in [-0.3, -0.25) is 9.78 Å². The van der Waals surface area contributed by atoms with Crippen molar-refractivity contribution in [3.63, 3.8) is 0 Å². The van der Waals surface area contributed by atoms with Crippen molar-refractivity contribution in [2.24, 2.45) is 0 Å². The third-order valence-corrected chi connectivity index (χ3v) is 3.86. The van der Waals surface area contributed by atoms with Crippen LogP contribution in [0.2, 0.25) is 10.0 Å². The predicted octanol–water partition coefficient (Wildman–Crippen LogP) is 5.52. The van der Waals surface area contributed by atoms with Gasteiger partial charge in [-0.25, -0.2) is 4.39 Å². The maximum atomic E-state index is 12.9. The zero-order valence-corrected chi connectivity index (χ0v) is 14.3. The minimum absolute atomic E-state index is 0.323. The number of rotatable bonds is 4. The van der Waals surface area contributed by atoms with Crippen molar-refractivity contribution in [1.29, 1.82) is 0 Å². The molecule has 0 saturated heterocycles. The third-order valence-electron chi connectivity index (χ3n) is 3.31. The van der Waals surface area contributed by atoms with Crippen molar-refractivity contribution in [3.05, 3.63) is 82.4 Å². The van der Waals surface area contributed by atoms with E-state index in [-0.39, 0.29) is 11.7 Å². The zero-order chi connectivity index (χ0) is 17.8. The molecule has 0 spiro atoms. The number of anilines is 3. The molecule has 1 amide bonds. The first kappa shape index (κ1) is 17.2. The van der Waals surface area contributed by atoms with Gasteiger partial charge in [0.15, 0.2) is 0 Å². The van der Waals surface area contributed by atoms with Gasteiger partial charge < -0.3 is 10.6 Å². The summed E-state index contributed by atoms with van der Waals surface area (Å²) in [7, 11) is 0. The average Bonchev–Trinajstić information content (AvgIpc) is 2.60. The standard InChI is InChI=1S/C18H12Cl2FN3O/c19-12-1-6-17(16(20)8-12)24-18(25)11-7-15(10-22-9-11)23-14-4-2-13(21)3-5-14/h1-10,23H,(H,24,25). The van der Waals surface area contributed by atoms with Crippen molar-refractivity contribution < 1.29 is 9.18 Å². The van der Waals surface area contributed by atoms with Gasteiger partial charge in [0.05, 0.1) is 28.2 Å². The van der Waals surface area contributed by atoms with E-state index < -0.39 is 0 Å². The van der Waals surface area contributed by atoms with Gasteiger partial charge in [0.25, 0.3) is 5.91 Å². The lowest BCUT2D eigenvalue weighted by molar-refractivity contribution is 0.102. The van der Waals surface area contributed by atoms with E-state index in [4.69, 9.17) is 23.2 Å². The van der Waals surface area contributed by atoms with E-state index >= 15 is 0 Å². The summed E-state index contributed by atoms with van der Waals surface area (Å²) in [4.78, 5) is 16.4. The van der Waals surface area contributed by atoms with Crippen LogP contribution in [-0.4, -0.2) is 10.9 Å². The van der Waals surface area contributed by atoms with Crippen LogP contribution < -0.4 is 10.6 Å². The molecule has 1 aromatic heterocycles. The summed E-state index contributed by atoms with van der Waals surface area (Å²) in [6.07, 6.45) is 3.00. The molecule has 0 aliphatic rings. The molecule has 1 heterocycles. The smallest absolute Gasteiger partial charge is 0.257 e. The molecule has 0 fully saturated rings. The van der Waals surface area contributed by atoms with Gasteiger partial charge in [-0.15, -0.1) is 0 Å². The van der Waals surface area contributed by atoms with Gasteiger partial charge in [0.1, 0.15) is 5.82 Å². The summed E-state index contributed by atoms with van der Waals surface area (Å²) in [5.74, 6) is -0.684. The molecule has 0 radical (unpaired) electrons. The second kappa shape index (κ2) is 7.51. The Morgan fingerprint density at radius 1 is 0.960 bits per heavy atom. The Bertz CT molecular complexity index is 916. The van der Waals surface area contributed by atoms with Crippen molar-refractivity contribution in [3.8, 4) is 0 Å². The van der Waals surface area contributed by atoms with Crippen molar-refractivity contribution in [2.75, 3.05) is 10.6 Å². The van der Waals surface area contributed by atoms with E-state index in [2.05, 4.69) is 15.6 Å². The molecule has 2 aromatic carbocycles. The first-order chi connectivity index (χ1) is 12.0. The van der Waals surface area contributed by atoms with Crippen LogP contribution in [0.3, 0.4) is 0 Å². The first-order valence-corrected chi connectivity index (χ1v) is 8.01. The lowest BCUT2D eigenvalue weighted by atomic mass is 10.2. The van der Waals surface area contributed by atoms with E-state index in [0.29, 0.717) is 32.7 Å². The number of halogens is 3. The summed E-state index contributed by atoms with van der Waals surface area (Å²) in [6.45, 7) is 0. The van der Waals surface area contributed by atoms with Crippen LogP contribution in [0.15, 0.2) is 60.9 Å². The first-order valence-electron chi connectivity index (χ1n) is 7.25. The van der Waals surface area contributed by atoms with Crippen LogP contribution >= 0.6 is 23.2 Å². The number of carbonyl (C=O) groups excluding carboxylic acids is 1. The highest BCUT2D eigenvalue weighted by atomic mass is 35.5. The predicted molar refractivity (Wildman–Crippen MR) is 98.3 cm³/mol. The van der Waals surface area contributed by atoms with Crippen molar-refractivity contribution in [2.45, 2.75) is 0 Å². The molecule has 7 heteroatoms. The van der Waals surface area contributed by atoms with Gasteiger partial charge in [0, 0.05) is 16.9 Å². The minimum Gasteiger partial charge on any atom is -0.354 e. The lowest BCUT2D eigenvalue weighted by Gasteiger charge is -2.10. The Morgan fingerprint density at radius 2 is 1.72 bits per heavy atom. The van der Waals surface area contributed by atoms with E-state index in [0.717, 1.165) is 0 Å². The average molecular weight is 376 g/mol. The highest BCUT2D eigenvalue weighted by molar-refractivity contribution is 6.36. The number of aromatic nitrogens is 1. The van der Waals surface area contributed by atoms with Crippen molar-refractivity contribution in [1.82, 2.24) is 4.98 Å². The molecule has 3 aromatic rings.